The SMILES string of the molecule is CC1=CC(N)=NC(c2ccccc2)N1CCCn1ccnc1. The second kappa shape index (κ2) is 6.47. The fraction of sp³-hybridized carbons (Fsp3) is 0.294. The smallest absolute Gasteiger partial charge is 0.149 e. The second-order valence-electron chi connectivity index (χ2n) is 5.47. The van der Waals surface area contributed by atoms with Gasteiger partial charge < -0.3 is 15.2 Å². The summed E-state index contributed by atoms with van der Waals surface area (Å²) in [5.74, 6) is 0.595. The maximum absolute atomic E-state index is 5.96. The van der Waals surface area contributed by atoms with Crippen molar-refractivity contribution in [2.75, 3.05) is 6.54 Å². The van der Waals surface area contributed by atoms with Gasteiger partial charge in [0.2, 0.25) is 0 Å². The highest BCUT2D eigenvalue weighted by atomic mass is 15.3. The lowest BCUT2D eigenvalue weighted by atomic mass is 10.1. The minimum Gasteiger partial charge on any atom is -0.384 e. The average Bonchev–Trinajstić information content (AvgIpc) is 3.03. The van der Waals surface area contributed by atoms with Gasteiger partial charge in [-0.05, 0) is 25.0 Å². The van der Waals surface area contributed by atoms with E-state index in [2.05, 4.69) is 38.5 Å². The molecule has 22 heavy (non-hydrogen) atoms. The lowest BCUT2D eigenvalue weighted by Crippen LogP contribution is -2.33. The molecule has 0 bridgehead atoms. The lowest BCUT2D eigenvalue weighted by molar-refractivity contribution is 0.251. The molecule has 0 saturated carbocycles. The van der Waals surface area contributed by atoms with Crippen LogP contribution in [0, 0.1) is 0 Å². The Bertz CT molecular complexity index is 658. The molecule has 2 heterocycles. The van der Waals surface area contributed by atoms with Gasteiger partial charge in [0, 0.05) is 31.2 Å². The normalized spacial score (nSPS) is 18.0. The quantitative estimate of drug-likeness (QED) is 0.922. The number of rotatable bonds is 5. The molecule has 3 rings (SSSR count). The van der Waals surface area contributed by atoms with Gasteiger partial charge in [-0.15, -0.1) is 0 Å². The molecule has 0 aliphatic carbocycles. The van der Waals surface area contributed by atoms with Crippen molar-refractivity contribution in [1.29, 1.82) is 0 Å². The molecule has 1 aliphatic rings. The molecule has 1 atom stereocenters. The van der Waals surface area contributed by atoms with E-state index < -0.39 is 0 Å². The number of imidazole rings is 1. The van der Waals surface area contributed by atoms with E-state index in [1.807, 2.05) is 43.0 Å². The monoisotopic (exact) mass is 295 g/mol. The molecule has 114 valence electrons. The molecule has 5 nitrogen and oxygen atoms in total. The van der Waals surface area contributed by atoms with Gasteiger partial charge in [0.15, 0.2) is 0 Å². The molecule has 1 unspecified atom stereocenters. The zero-order chi connectivity index (χ0) is 15.4. The third-order valence-corrected chi connectivity index (χ3v) is 3.85. The fourth-order valence-corrected chi connectivity index (χ4v) is 2.76. The Morgan fingerprint density at radius 2 is 2.00 bits per heavy atom. The summed E-state index contributed by atoms with van der Waals surface area (Å²) < 4.78 is 2.10. The van der Waals surface area contributed by atoms with Crippen molar-refractivity contribution in [3.05, 3.63) is 66.4 Å². The van der Waals surface area contributed by atoms with E-state index in [1.165, 1.54) is 5.56 Å². The number of amidine groups is 1. The van der Waals surface area contributed by atoms with Crippen LogP contribution >= 0.6 is 0 Å². The number of benzene rings is 1. The highest BCUT2D eigenvalue weighted by Gasteiger charge is 2.23. The minimum absolute atomic E-state index is 0.0333. The van der Waals surface area contributed by atoms with Crippen molar-refractivity contribution in [1.82, 2.24) is 14.5 Å². The summed E-state index contributed by atoms with van der Waals surface area (Å²) >= 11 is 0. The van der Waals surface area contributed by atoms with Crippen LogP contribution in [0.3, 0.4) is 0 Å². The van der Waals surface area contributed by atoms with E-state index in [0.717, 1.165) is 25.2 Å². The molecular formula is C17H21N5. The van der Waals surface area contributed by atoms with Crippen LogP contribution in [-0.4, -0.2) is 26.8 Å². The van der Waals surface area contributed by atoms with Crippen LogP contribution in [-0.2, 0) is 6.54 Å². The van der Waals surface area contributed by atoms with Crippen LogP contribution < -0.4 is 5.73 Å². The van der Waals surface area contributed by atoms with Crippen LogP contribution in [0.5, 0.6) is 0 Å². The van der Waals surface area contributed by atoms with Crippen LogP contribution in [0.15, 0.2) is 65.8 Å². The van der Waals surface area contributed by atoms with Crippen LogP contribution in [0.1, 0.15) is 25.1 Å². The predicted molar refractivity (Wildman–Crippen MR) is 88.1 cm³/mol. The summed E-state index contributed by atoms with van der Waals surface area (Å²) in [5.41, 5.74) is 8.28. The molecule has 0 fully saturated rings. The molecule has 5 heteroatoms. The first-order valence-electron chi connectivity index (χ1n) is 7.53. The Hall–Kier alpha value is -2.56. The Kier molecular flexibility index (Phi) is 4.23. The van der Waals surface area contributed by atoms with E-state index >= 15 is 0 Å². The standard InChI is InChI=1S/C17H21N5/c1-14-12-16(18)20-17(15-6-3-2-4-7-15)22(14)10-5-9-21-11-8-19-13-21/h2-4,6-8,11-13,17H,5,9-10H2,1H3,(H2,18,20). The third kappa shape index (κ3) is 3.19. The van der Waals surface area contributed by atoms with Gasteiger partial charge in [0.05, 0.1) is 6.33 Å². The molecule has 1 aromatic carbocycles. The van der Waals surface area contributed by atoms with E-state index in [0.29, 0.717) is 5.84 Å². The second-order valence-corrected chi connectivity index (χ2v) is 5.47. The number of aliphatic imine (C=N–C) groups is 1. The maximum Gasteiger partial charge on any atom is 0.149 e. The minimum atomic E-state index is -0.0333. The number of aryl methyl sites for hydroxylation is 1. The number of hydrogen-bond donors (Lipinski definition) is 1. The molecule has 0 saturated heterocycles. The molecule has 0 amide bonds. The summed E-state index contributed by atoms with van der Waals surface area (Å²) in [5, 5.41) is 0. The van der Waals surface area contributed by atoms with Gasteiger partial charge in [0.1, 0.15) is 12.0 Å². The zero-order valence-corrected chi connectivity index (χ0v) is 12.8. The first kappa shape index (κ1) is 14.4. The summed E-state index contributed by atoms with van der Waals surface area (Å²) in [6.45, 7) is 3.97. The van der Waals surface area contributed by atoms with Crippen molar-refractivity contribution in [3.63, 3.8) is 0 Å². The number of hydrogen-bond acceptors (Lipinski definition) is 4. The van der Waals surface area contributed by atoms with Crippen molar-refractivity contribution < 1.29 is 0 Å². The molecule has 1 aromatic heterocycles. The Labute approximate surface area is 130 Å². The van der Waals surface area contributed by atoms with Crippen LogP contribution in [0.25, 0.3) is 0 Å². The van der Waals surface area contributed by atoms with Gasteiger partial charge in [0.25, 0.3) is 0 Å². The molecule has 2 aromatic rings. The molecule has 0 spiro atoms. The Balaban J connectivity index is 1.73. The fourth-order valence-electron chi connectivity index (χ4n) is 2.76. The van der Waals surface area contributed by atoms with E-state index in [4.69, 9.17) is 5.73 Å². The topological polar surface area (TPSA) is 59.4 Å². The van der Waals surface area contributed by atoms with Gasteiger partial charge >= 0.3 is 0 Å². The van der Waals surface area contributed by atoms with Gasteiger partial charge in [-0.2, -0.15) is 0 Å². The first-order valence-corrected chi connectivity index (χ1v) is 7.53. The van der Waals surface area contributed by atoms with Gasteiger partial charge in [-0.25, -0.2) is 9.98 Å². The molecule has 1 aliphatic heterocycles. The van der Waals surface area contributed by atoms with Crippen molar-refractivity contribution in [2.45, 2.75) is 26.1 Å². The number of aromatic nitrogens is 2. The largest absolute Gasteiger partial charge is 0.384 e. The third-order valence-electron chi connectivity index (χ3n) is 3.85. The van der Waals surface area contributed by atoms with E-state index in [9.17, 15) is 0 Å². The summed E-state index contributed by atoms with van der Waals surface area (Å²) in [6.07, 6.45) is 8.59. The zero-order valence-electron chi connectivity index (χ0n) is 12.8. The summed E-state index contributed by atoms with van der Waals surface area (Å²) in [6, 6.07) is 10.3. The predicted octanol–water partition coefficient (Wildman–Crippen LogP) is 2.55. The highest BCUT2D eigenvalue weighted by molar-refractivity contribution is 5.92. The van der Waals surface area contributed by atoms with Crippen molar-refractivity contribution >= 4 is 5.84 Å². The Morgan fingerprint density at radius 3 is 2.73 bits per heavy atom. The van der Waals surface area contributed by atoms with Crippen LogP contribution in [0.4, 0.5) is 0 Å². The lowest BCUT2D eigenvalue weighted by Gasteiger charge is -2.34. The average molecular weight is 295 g/mol. The number of allylic oxidation sites excluding steroid dienone is 1. The van der Waals surface area contributed by atoms with E-state index in [1.54, 1.807) is 0 Å². The molecule has 0 radical (unpaired) electrons. The van der Waals surface area contributed by atoms with Gasteiger partial charge in [-0.3, -0.25) is 0 Å². The maximum atomic E-state index is 5.96. The molecular weight excluding hydrogens is 274 g/mol. The number of nitrogens with two attached hydrogens (primary N) is 1. The highest BCUT2D eigenvalue weighted by Crippen LogP contribution is 2.28. The van der Waals surface area contributed by atoms with Crippen molar-refractivity contribution in [3.8, 4) is 0 Å². The summed E-state index contributed by atoms with van der Waals surface area (Å²) in [7, 11) is 0. The first-order chi connectivity index (χ1) is 10.7. The van der Waals surface area contributed by atoms with Crippen molar-refractivity contribution in [2.24, 2.45) is 10.7 Å². The Morgan fingerprint density at radius 1 is 1.18 bits per heavy atom. The summed E-state index contributed by atoms with van der Waals surface area (Å²) in [4.78, 5) is 11.0. The van der Waals surface area contributed by atoms with E-state index in [-0.39, 0.29) is 6.17 Å². The van der Waals surface area contributed by atoms with Gasteiger partial charge in [-0.1, -0.05) is 30.3 Å². The van der Waals surface area contributed by atoms with Crippen LogP contribution in [0.2, 0.25) is 0 Å². The molecule has 2 N–H and O–H groups in total. The number of nitrogens with zero attached hydrogens (tertiary/aromatic N) is 4.